The van der Waals surface area contributed by atoms with E-state index in [4.69, 9.17) is 6.58 Å². The van der Waals surface area contributed by atoms with Crippen molar-refractivity contribution in [3.63, 3.8) is 0 Å². The minimum Gasteiger partial charge on any atom is -0.0946 e. The quantitative estimate of drug-likeness (QED) is 0.465. The molecule has 0 amide bonds. The molecule has 2 aliphatic carbocycles. The second kappa shape index (κ2) is 8.50. The highest BCUT2D eigenvalue weighted by Crippen LogP contribution is 2.53. The van der Waals surface area contributed by atoms with Crippen LogP contribution < -0.4 is 0 Å². The maximum atomic E-state index is 4.70. The number of hydrogen-bond acceptors (Lipinski definition) is 0. The van der Waals surface area contributed by atoms with Gasteiger partial charge in [0.25, 0.3) is 0 Å². The average Bonchev–Trinajstić information content (AvgIpc) is 3.17. The number of allylic oxidation sites excluding steroid dienone is 1. The lowest BCUT2D eigenvalue weighted by atomic mass is 9.69. The van der Waals surface area contributed by atoms with Crippen LogP contribution in [-0.4, -0.2) is 0 Å². The van der Waals surface area contributed by atoms with Crippen molar-refractivity contribution >= 4 is 5.57 Å². The molecule has 4 atom stereocenters. The van der Waals surface area contributed by atoms with Crippen molar-refractivity contribution in [1.82, 2.24) is 0 Å². The summed E-state index contributed by atoms with van der Waals surface area (Å²) in [5, 5.41) is 0. The van der Waals surface area contributed by atoms with Crippen molar-refractivity contribution in [3.05, 3.63) is 65.2 Å². The summed E-state index contributed by atoms with van der Waals surface area (Å²) in [6.45, 7) is 14.1. The van der Waals surface area contributed by atoms with E-state index in [1.807, 2.05) is 0 Å². The number of hydrogen-bond donors (Lipinski definition) is 0. The van der Waals surface area contributed by atoms with Gasteiger partial charge in [0.05, 0.1) is 0 Å². The van der Waals surface area contributed by atoms with Crippen LogP contribution in [0.3, 0.4) is 0 Å². The molecule has 29 heavy (non-hydrogen) atoms. The third-order valence-electron chi connectivity index (χ3n) is 7.68. The van der Waals surface area contributed by atoms with Crippen molar-refractivity contribution < 1.29 is 0 Å². The van der Waals surface area contributed by atoms with E-state index in [2.05, 4.69) is 64.1 Å². The molecule has 0 nitrogen and oxygen atoms in total. The van der Waals surface area contributed by atoms with E-state index in [0.29, 0.717) is 11.8 Å². The molecular formula is C29H38. The monoisotopic (exact) mass is 386 g/mol. The number of fused-ring (bicyclic) bond motifs is 3. The standard InChI is InChI=1S/C29H38/c1-6-8-9-20(4)23-13-15-26-25-14-11-22(7-2)17-27(25)21(5)29(28(26)18-23)24-12-10-19(3)16-24/h11,13-15,17-20,24,29H,5-10,12,16H2,1-4H3/t19-,20-,24-,29?/m0/s1. The van der Waals surface area contributed by atoms with Crippen LogP contribution in [0, 0.1) is 11.8 Å². The zero-order valence-electron chi connectivity index (χ0n) is 18.9. The lowest BCUT2D eigenvalue weighted by molar-refractivity contribution is 0.478. The third kappa shape index (κ3) is 3.83. The molecule has 0 saturated heterocycles. The minimum absolute atomic E-state index is 0.493. The summed E-state index contributed by atoms with van der Waals surface area (Å²) in [5.74, 6) is 2.73. The summed E-state index contributed by atoms with van der Waals surface area (Å²) in [6.07, 6.45) is 9.05. The summed E-state index contributed by atoms with van der Waals surface area (Å²) in [4.78, 5) is 0. The summed E-state index contributed by atoms with van der Waals surface area (Å²) in [7, 11) is 0. The molecular weight excluding hydrogens is 348 g/mol. The highest BCUT2D eigenvalue weighted by Gasteiger charge is 2.37. The normalized spacial score (nSPS) is 24.3. The Hall–Kier alpha value is -1.82. The minimum atomic E-state index is 0.493. The largest absolute Gasteiger partial charge is 0.0946 e. The summed E-state index contributed by atoms with van der Waals surface area (Å²) in [5.41, 5.74) is 10.2. The zero-order chi connectivity index (χ0) is 20.5. The van der Waals surface area contributed by atoms with Crippen LogP contribution in [0.4, 0.5) is 0 Å². The smallest absolute Gasteiger partial charge is 0.0124 e. The molecule has 1 saturated carbocycles. The zero-order valence-corrected chi connectivity index (χ0v) is 18.9. The van der Waals surface area contributed by atoms with Crippen LogP contribution in [0.5, 0.6) is 0 Å². The van der Waals surface area contributed by atoms with E-state index in [1.54, 1.807) is 5.56 Å². The van der Waals surface area contributed by atoms with Crippen LogP contribution in [-0.2, 0) is 6.42 Å². The van der Waals surface area contributed by atoms with Gasteiger partial charge in [0, 0.05) is 5.92 Å². The van der Waals surface area contributed by atoms with Crippen LogP contribution >= 0.6 is 0 Å². The topological polar surface area (TPSA) is 0 Å². The van der Waals surface area contributed by atoms with E-state index in [9.17, 15) is 0 Å². The first-order valence-corrected chi connectivity index (χ1v) is 12.0. The van der Waals surface area contributed by atoms with Gasteiger partial charge in [-0.25, -0.2) is 0 Å². The number of aryl methyl sites for hydroxylation is 1. The number of rotatable bonds is 6. The van der Waals surface area contributed by atoms with Crippen molar-refractivity contribution in [3.8, 4) is 11.1 Å². The van der Waals surface area contributed by atoms with Crippen LogP contribution in [0.15, 0.2) is 43.0 Å². The van der Waals surface area contributed by atoms with Gasteiger partial charge >= 0.3 is 0 Å². The Morgan fingerprint density at radius 2 is 1.79 bits per heavy atom. The molecule has 0 aliphatic heterocycles. The highest BCUT2D eigenvalue weighted by molar-refractivity contribution is 5.90. The number of benzene rings is 2. The van der Waals surface area contributed by atoms with Crippen molar-refractivity contribution in [1.29, 1.82) is 0 Å². The molecule has 0 radical (unpaired) electrons. The Bertz CT molecular complexity index is 887. The van der Waals surface area contributed by atoms with E-state index in [-0.39, 0.29) is 0 Å². The summed E-state index contributed by atoms with van der Waals surface area (Å²) >= 11 is 0. The predicted molar refractivity (Wildman–Crippen MR) is 127 cm³/mol. The Labute approximate surface area is 178 Å². The van der Waals surface area contributed by atoms with Gasteiger partial charge in [0.15, 0.2) is 0 Å². The maximum absolute atomic E-state index is 4.70. The van der Waals surface area contributed by atoms with E-state index >= 15 is 0 Å². The SMILES string of the molecule is C=C1c2cc(CC)ccc2-c2ccc([C@@H](C)CCCC)cc2C1[C@H]1CC[C@H](C)C1. The molecule has 0 spiro atoms. The Morgan fingerprint density at radius 1 is 1.00 bits per heavy atom. The van der Waals surface area contributed by atoms with E-state index in [1.165, 1.54) is 71.9 Å². The van der Waals surface area contributed by atoms with Crippen molar-refractivity contribution in [2.45, 2.75) is 84.5 Å². The first-order chi connectivity index (χ1) is 14.0. The number of unbranched alkanes of at least 4 members (excludes halogenated alkanes) is 1. The first kappa shape index (κ1) is 20.5. The van der Waals surface area contributed by atoms with Crippen molar-refractivity contribution in [2.24, 2.45) is 11.8 Å². The molecule has 1 fully saturated rings. The van der Waals surface area contributed by atoms with Gasteiger partial charge in [-0.1, -0.05) is 89.9 Å². The maximum Gasteiger partial charge on any atom is 0.0124 e. The molecule has 0 heterocycles. The molecule has 0 bridgehead atoms. The summed E-state index contributed by atoms with van der Waals surface area (Å²) in [6, 6.07) is 14.5. The molecule has 1 unspecified atom stereocenters. The van der Waals surface area contributed by atoms with Gasteiger partial charge in [-0.15, -0.1) is 0 Å². The van der Waals surface area contributed by atoms with Gasteiger partial charge in [0.1, 0.15) is 0 Å². The van der Waals surface area contributed by atoms with E-state index in [0.717, 1.165) is 18.3 Å². The van der Waals surface area contributed by atoms with Gasteiger partial charge in [-0.2, -0.15) is 0 Å². The first-order valence-electron chi connectivity index (χ1n) is 12.0. The fourth-order valence-corrected chi connectivity index (χ4v) is 5.83. The second-order valence-electron chi connectivity index (χ2n) is 9.80. The van der Waals surface area contributed by atoms with Crippen LogP contribution in [0.25, 0.3) is 16.7 Å². The lowest BCUT2D eigenvalue weighted by Crippen LogP contribution is -2.18. The fourth-order valence-electron chi connectivity index (χ4n) is 5.83. The Morgan fingerprint density at radius 3 is 2.48 bits per heavy atom. The molecule has 2 aromatic carbocycles. The third-order valence-corrected chi connectivity index (χ3v) is 7.68. The van der Waals surface area contributed by atoms with E-state index < -0.39 is 0 Å². The Kier molecular flexibility index (Phi) is 6.00. The molecule has 4 rings (SSSR count). The van der Waals surface area contributed by atoms with Gasteiger partial charge < -0.3 is 0 Å². The second-order valence-corrected chi connectivity index (χ2v) is 9.80. The average molecular weight is 387 g/mol. The summed E-state index contributed by atoms with van der Waals surface area (Å²) < 4.78 is 0. The van der Waals surface area contributed by atoms with Gasteiger partial charge in [-0.05, 0) is 82.4 Å². The van der Waals surface area contributed by atoms with Crippen molar-refractivity contribution in [2.75, 3.05) is 0 Å². The molecule has 0 N–H and O–H groups in total. The Balaban J connectivity index is 1.81. The molecule has 154 valence electrons. The van der Waals surface area contributed by atoms with Gasteiger partial charge in [-0.3, -0.25) is 0 Å². The molecule has 2 aromatic rings. The van der Waals surface area contributed by atoms with Crippen LogP contribution in [0.1, 0.15) is 100 Å². The molecule has 2 aliphatic rings. The lowest BCUT2D eigenvalue weighted by Gasteiger charge is -2.35. The highest BCUT2D eigenvalue weighted by atomic mass is 14.4. The molecule has 0 heteroatoms. The van der Waals surface area contributed by atoms with Gasteiger partial charge in [0.2, 0.25) is 0 Å². The van der Waals surface area contributed by atoms with Crippen LogP contribution in [0.2, 0.25) is 0 Å². The fraction of sp³-hybridized carbons (Fsp3) is 0.517. The molecule has 0 aromatic heterocycles. The predicted octanol–water partition coefficient (Wildman–Crippen LogP) is 8.76.